The van der Waals surface area contributed by atoms with Crippen molar-refractivity contribution in [3.63, 3.8) is 0 Å². The zero-order valence-corrected chi connectivity index (χ0v) is 14.1. The highest BCUT2D eigenvalue weighted by Crippen LogP contribution is 2.22. The van der Waals surface area contributed by atoms with Gasteiger partial charge in [0.05, 0.1) is 0 Å². The topological polar surface area (TPSA) is 49.6 Å². The Kier molecular flexibility index (Phi) is 4.39. The zero-order valence-electron chi connectivity index (χ0n) is 14.1. The van der Waals surface area contributed by atoms with Crippen LogP contribution in [0.5, 0.6) is 0 Å². The Morgan fingerprint density at radius 1 is 0.962 bits per heavy atom. The molecule has 5 nitrogen and oxygen atoms in total. The van der Waals surface area contributed by atoms with E-state index in [-0.39, 0.29) is 11.7 Å². The first-order valence-electron chi connectivity index (χ1n) is 8.52. The molecule has 132 valence electrons. The molecular weight excluding hydrogens is 333 g/mol. The summed E-state index contributed by atoms with van der Waals surface area (Å²) in [6.07, 6.45) is 0. The van der Waals surface area contributed by atoms with Gasteiger partial charge < -0.3 is 14.3 Å². The van der Waals surface area contributed by atoms with Gasteiger partial charge in [-0.15, -0.1) is 0 Å². The van der Waals surface area contributed by atoms with E-state index in [2.05, 4.69) is 10.1 Å². The van der Waals surface area contributed by atoms with Gasteiger partial charge in [0.15, 0.2) is 11.5 Å². The van der Waals surface area contributed by atoms with Crippen molar-refractivity contribution in [2.45, 2.75) is 0 Å². The quantitative estimate of drug-likeness (QED) is 0.725. The first-order chi connectivity index (χ1) is 12.7. The molecule has 0 N–H and O–H groups in total. The van der Waals surface area contributed by atoms with Crippen molar-refractivity contribution in [3.8, 4) is 11.3 Å². The van der Waals surface area contributed by atoms with Gasteiger partial charge in [-0.25, -0.2) is 4.39 Å². The average molecular weight is 351 g/mol. The molecule has 0 spiro atoms. The molecule has 0 bridgehead atoms. The summed E-state index contributed by atoms with van der Waals surface area (Å²) in [4.78, 5) is 16.6. The van der Waals surface area contributed by atoms with E-state index in [1.54, 1.807) is 23.1 Å². The fourth-order valence-corrected chi connectivity index (χ4v) is 3.10. The smallest absolute Gasteiger partial charge is 0.276 e. The van der Waals surface area contributed by atoms with Crippen molar-refractivity contribution in [1.29, 1.82) is 0 Å². The predicted molar refractivity (Wildman–Crippen MR) is 96.5 cm³/mol. The lowest BCUT2D eigenvalue weighted by atomic mass is 10.1. The minimum Gasteiger partial charge on any atom is -0.368 e. The number of benzene rings is 2. The van der Waals surface area contributed by atoms with Crippen LogP contribution in [0, 0.1) is 5.82 Å². The van der Waals surface area contributed by atoms with E-state index in [4.69, 9.17) is 4.52 Å². The molecule has 0 radical (unpaired) electrons. The second-order valence-electron chi connectivity index (χ2n) is 6.20. The molecule has 2 heterocycles. The molecule has 1 saturated heterocycles. The van der Waals surface area contributed by atoms with Crippen molar-refractivity contribution >= 4 is 11.6 Å². The Labute approximate surface area is 150 Å². The standard InChI is InChI=1S/C20H18FN3O2/c21-16-6-8-17(9-7-16)23-10-12-24(13-11-23)20(25)18-14-19(26-22-18)15-4-2-1-3-5-15/h1-9,14H,10-13H2. The van der Waals surface area contributed by atoms with Gasteiger partial charge in [0.25, 0.3) is 5.91 Å². The van der Waals surface area contributed by atoms with Crippen LogP contribution in [-0.4, -0.2) is 42.1 Å². The van der Waals surface area contributed by atoms with E-state index in [0.29, 0.717) is 37.6 Å². The van der Waals surface area contributed by atoms with Crippen LogP contribution in [0.2, 0.25) is 0 Å². The summed E-state index contributed by atoms with van der Waals surface area (Å²) in [7, 11) is 0. The summed E-state index contributed by atoms with van der Waals surface area (Å²) < 4.78 is 18.4. The summed E-state index contributed by atoms with van der Waals surface area (Å²) in [6.45, 7) is 2.56. The van der Waals surface area contributed by atoms with Gasteiger partial charge in [-0.3, -0.25) is 4.79 Å². The highest BCUT2D eigenvalue weighted by atomic mass is 19.1. The highest BCUT2D eigenvalue weighted by molar-refractivity contribution is 5.93. The van der Waals surface area contributed by atoms with Gasteiger partial charge in [0, 0.05) is 43.5 Å². The summed E-state index contributed by atoms with van der Waals surface area (Å²) in [5.74, 6) is 0.205. The number of carbonyl (C=O) groups excluding carboxylic acids is 1. The van der Waals surface area contributed by atoms with Crippen molar-refractivity contribution in [2.24, 2.45) is 0 Å². The van der Waals surface area contributed by atoms with Crippen molar-refractivity contribution < 1.29 is 13.7 Å². The molecule has 1 aliphatic rings. The molecule has 1 aromatic heterocycles. The van der Waals surface area contributed by atoms with Crippen LogP contribution in [0.4, 0.5) is 10.1 Å². The number of hydrogen-bond acceptors (Lipinski definition) is 4. The maximum Gasteiger partial charge on any atom is 0.276 e. The number of aromatic nitrogens is 1. The molecule has 1 amide bonds. The number of nitrogens with zero attached hydrogens (tertiary/aromatic N) is 3. The molecular formula is C20H18FN3O2. The van der Waals surface area contributed by atoms with Gasteiger partial charge in [-0.1, -0.05) is 35.5 Å². The molecule has 2 aromatic carbocycles. The fraction of sp³-hybridized carbons (Fsp3) is 0.200. The number of piperazine rings is 1. The van der Waals surface area contributed by atoms with Crippen LogP contribution in [0.1, 0.15) is 10.5 Å². The SMILES string of the molecule is O=C(c1cc(-c2ccccc2)on1)N1CCN(c2ccc(F)cc2)CC1. The van der Waals surface area contributed by atoms with Gasteiger partial charge in [-0.2, -0.15) is 0 Å². The van der Waals surface area contributed by atoms with Crippen molar-refractivity contribution in [2.75, 3.05) is 31.1 Å². The van der Waals surface area contributed by atoms with Crippen molar-refractivity contribution in [3.05, 3.63) is 72.2 Å². The minimum absolute atomic E-state index is 0.130. The van der Waals surface area contributed by atoms with E-state index in [1.165, 1.54) is 12.1 Å². The first kappa shape index (κ1) is 16.3. The molecule has 0 saturated carbocycles. The van der Waals surface area contributed by atoms with Crippen LogP contribution in [0.25, 0.3) is 11.3 Å². The van der Waals surface area contributed by atoms with E-state index in [0.717, 1.165) is 11.3 Å². The summed E-state index contributed by atoms with van der Waals surface area (Å²) in [5, 5.41) is 3.93. The maximum atomic E-state index is 13.0. The van der Waals surface area contributed by atoms with Gasteiger partial charge in [-0.05, 0) is 24.3 Å². The van der Waals surface area contributed by atoms with Gasteiger partial charge >= 0.3 is 0 Å². The fourth-order valence-electron chi connectivity index (χ4n) is 3.10. The Morgan fingerprint density at radius 2 is 1.65 bits per heavy atom. The molecule has 0 unspecified atom stereocenters. The highest BCUT2D eigenvalue weighted by Gasteiger charge is 2.25. The molecule has 1 fully saturated rings. The lowest BCUT2D eigenvalue weighted by molar-refractivity contribution is 0.0736. The monoisotopic (exact) mass is 351 g/mol. The minimum atomic E-state index is -0.247. The summed E-state index contributed by atoms with van der Waals surface area (Å²) >= 11 is 0. The van der Waals surface area contributed by atoms with E-state index >= 15 is 0 Å². The van der Waals surface area contributed by atoms with Crippen LogP contribution in [-0.2, 0) is 0 Å². The Bertz CT molecular complexity index is 885. The van der Waals surface area contributed by atoms with Crippen molar-refractivity contribution in [1.82, 2.24) is 10.1 Å². The number of anilines is 1. The van der Waals surface area contributed by atoms with Crippen LogP contribution < -0.4 is 4.90 Å². The third-order valence-electron chi connectivity index (χ3n) is 4.55. The van der Waals surface area contributed by atoms with E-state index in [9.17, 15) is 9.18 Å². The molecule has 26 heavy (non-hydrogen) atoms. The van der Waals surface area contributed by atoms with Crippen LogP contribution >= 0.6 is 0 Å². The lowest BCUT2D eigenvalue weighted by Crippen LogP contribution is -2.48. The van der Waals surface area contributed by atoms with Gasteiger partial charge in [0.1, 0.15) is 5.82 Å². The zero-order chi connectivity index (χ0) is 17.9. The van der Waals surface area contributed by atoms with Gasteiger partial charge in [0.2, 0.25) is 0 Å². The molecule has 0 aliphatic carbocycles. The Morgan fingerprint density at radius 3 is 2.35 bits per heavy atom. The summed E-state index contributed by atoms with van der Waals surface area (Å²) in [5.41, 5.74) is 2.17. The third-order valence-corrected chi connectivity index (χ3v) is 4.55. The van der Waals surface area contributed by atoms with Crippen LogP contribution in [0.15, 0.2) is 65.2 Å². The molecule has 3 aromatic rings. The second-order valence-corrected chi connectivity index (χ2v) is 6.20. The average Bonchev–Trinajstić information content (AvgIpc) is 3.19. The number of hydrogen-bond donors (Lipinski definition) is 0. The summed E-state index contributed by atoms with van der Waals surface area (Å²) in [6, 6.07) is 17.7. The van der Waals surface area contributed by atoms with E-state index in [1.807, 2.05) is 30.3 Å². The maximum absolute atomic E-state index is 13.0. The molecule has 6 heteroatoms. The number of rotatable bonds is 3. The second kappa shape index (κ2) is 7.00. The number of halogens is 1. The van der Waals surface area contributed by atoms with E-state index < -0.39 is 0 Å². The molecule has 1 aliphatic heterocycles. The van der Waals surface area contributed by atoms with Crippen LogP contribution in [0.3, 0.4) is 0 Å². The number of carbonyl (C=O) groups is 1. The normalized spacial score (nSPS) is 14.5. The predicted octanol–water partition coefficient (Wildman–Crippen LogP) is 3.44. The number of amides is 1. The molecule has 4 rings (SSSR count). The third kappa shape index (κ3) is 3.31. The molecule has 0 atom stereocenters. The largest absolute Gasteiger partial charge is 0.368 e. The lowest BCUT2D eigenvalue weighted by Gasteiger charge is -2.35. The first-order valence-corrected chi connectivity index (χ1v) is 8.52. The Hall–Kier alpha value is -3.15. The Balaban J connectivity index is 1.41.